The molecule has 1 aromatic rings. The average Bonchev–Trinajstić information content (AvgIpc) is 2.59. The van der Waals surface area contributed by atoms with Crippen LogP contribution < -0.4 is 10.3 Å². The van der Waals surface area contributed by atoms with Gasteiger partial charge in [-0.3, -0.25) is 9.78 Å². The Hall–Kier alpha value is -1.44. The first-order chi connectivity index (χ1) is 8.06. The molecule has 1 unspecified atom stereocenters. The Morgan fingerprint density at radius 3 is 3.00 bits per heavy atom. The first kappa shape index (κ1) is 12.0. The van der Waals surface area contributed by atoms with Crippen molar-refractivity contribution >= 4 is 0 Å². The maximum absolute atomic E-state index is 11.3. The van der Waals surface area contributed by atoms with Crippen LogP contribution in [-0.2, 0) is 4.74 Å². The van der Waals surface area contributed by atoms with Crippen LogP contribution in [0.5, 0.6) is 6.01 Å². The summed E-state index contributed by atoms with van der Waals surface area (Å²) in [5, 5.41) is 18.6. The highest BCUT2D eigenvalue weighted by Crippen LogP contribution is 2.18. The third-order valence-corrected chi connectivity index (χ3v) is 2.54. The van der Waals surface area contributed by atoms with E-state index < -0.39 is 18.5 Å². The van der Waals surface area contributed by atoms with Crippen LogP contribution >= 0.6 is 0 Å². The van der Waals surface area contributed by atoms with Crippen molar-refractivity contribution in [2.75, 3.05) is 6.61 Å². The van der Waals surface area contributed by atoms with Crippen molar-refractivity contribution in [1.82, 2.24) is 9.97 Å². The lowest BCUT2D eigenvalue weighted by Crippen LogP contribution is -2.29. The Labute approximate surface area is 97.0 Å². The molecule has 17 heavy (non-hydrogen) atoms. The van der Waals surface area contributed by atoms with E-state index in [0.717, 1.165) is 0 Å². The fourth-order valence-corrected chi connectivity index (χ4v) is 1.53. The molecule has 1 saturated heterocycles. The van der Waals surface area contributed by atoms with Gasteiger partial charge in [-0.1, -0.05) is 0 Å². The van der Waals surface area contributed by atoms with Crippen LogP contribution in [-0.4, -0.2) is 45.3 Å². The topological polar surface area (TPSA) is 105 Å². The van der Waals surface area contributed by atoms with E-state index in [4.69, 9.17) is 14.6 Å². The Kier molecular flexibility index (Phi) is 3.41. The normalized spacial score (nSPS) is 28.3. The van der Waals surface area contributed by atoms with Crippen LogP contribution in [0, 0.1) is 6.92 Å². The maximum Gasteiger partial charge on any atom is 0.296 e. The molecule has 3 N–H and O–H groups in total. The van der Waals surface area contributed by atoms with Gasteiger partial charge in [0.05, 0.1) is 6.10 Å². The van der Waals surface area contributed by atoms with Crippen molar-refractivity contribution in [3.8, 4) is 6.01 Å². The summed E-state index contributed by atoms with van der Waals surface area (Å²) >= 11 is 0. The predicted molar refractivity (Wildman–Crippen MR) is 56.6 cm³/mol. The summed E-state index contributed by atoms with van der Waals surface area (Å²) in [4.78, 5) is 17.6. The number of nitrogens with zero attached hydrogens (tertiary/aromatic N) is 1. The highest BCUT2D eigenvalue weighted by Gasteiger charge is 2.33. The number of aromatic amines is 1. The number of hydrogen-bond acceptors (Lipinski definition) is 6. The summed E-state index contributed by atoms with van der Waals surface area (Å²) in [6.07, 6.45) is -0.803. The molecule has 0 bridgehead atoms. The molecule has 1 fully saturated rings. The van der Waals surface area contributed by atoms with Crippen LogP contribution in [0.1, 0.15) is 12.0 Å². The van der Waals surface area contributed by atoms with Crippen LogP contribution in [0.4, 0.5) is 0 Å². The van der Waals surface area contributed by atoms with Gasteiger partial charge in [0.1, 0.15) is 12.7 Å². The van der Waals surface area contributed by atoms with Crippen molar-refractivity contribution in [1.29, 1.82) is 0 Å². The van der Waals surface area contributed by atoms with Gasteiger partial charge in [0.2, 0.25) is 0 Å². The molecule has 0 radical (unpaired) electrons. The molecule has 1 aliphatic heterocycles. The largest absolute Gasteiger partial charge is 0.462 e. The Morgan fingerprint density at radius 1 is 1.65 bits per heavy atom. The monoisotopic (exact) mass is 242 g/mol. The second-order valence-corrected chi connectivity index (χ2v) is 3.94. The molecular weight excluding hydrogens is 228 g/mol. The van der Waals surface area contributed by atoms with Gasteiger partial charge in [-0.15, -0.1) is 0 Å². The fraction of sp³-hybridized carbons (Fsp3) is 0.600. The lowest BCUT2D eigenvalue weighted by Gasteiger charge is -2.13. The first-order valence-corrected chi connectivity index (χ1v) is 5.26. The van der Waals surface area contributed by atoms with Crippen molar-refractivity contribution in [2.45, 2.75) is 31.8 Å². The number of aromatic nitrogens is 2. The molecule has 0 aromatic carbocycles. The SMILES string of the molecule is Cc1cnc(OC[C@H]2OC(O)C[C@@H]2O)[nH]c1=O. The van der Waals surface area contributed by atoms with Crippen LogP contribution in [0.15, 0.2) is 11.0 Å². The molecule has 2 heterocycles. The van der Waals surface area contributed by atoms with Gasteiger partial charge >= 0.3 is 0 Å². The summed E-state index contributed by atoms with van der Waals surface area (Å²) in [5.41, 5.74) is 0.216. The van der Waals surface area contributed by atoms with Crippen molar-refractivity contribution in [3.63, 3.8) is 0 Å². The highest BCUT2D eigenvalue weighted by molar-refractivity contribution is 5.05. The molecule has 7 nitrogen and oxygen atoms in total. The molecule has 7 heteroatoms. The van der Waals surface area contributed by atoms with E-state index in [1.54, 1.807) is 6.92 Å². The zero-order chi connectivity index (χ0) is 12.4. The summed E-state index contributed by atoms with van der Waals surface area (Å²) < 4.78 is 10.2. The molecule has 0 saturated carbocycles. The molecule has 0 amide bonds. The van der Waals surface area contributed by atoms with Crippen molar-refractivity contribution in [2.24, 2.45) is 0 Å². The van der Waals surface area contributed by atoms with Crippen LogP contribution in [0.25, 0.3) is 0 Å². The number of rotatable bonds is 3. The Balaban J connectivity index is 1.94. The smallest absolute Gasteiger partial charge is 0.296 e. The van der Waals surface area contributed by atoms with E-state index in [9.17, 15) is 9.90 Å². The van der Waals surface area contributed by atoms with Gasteiger partial charge < -0.3 is 19.7 Å². The number of hydrogen-bond donors (Lipinski definition) is 3. The summed E-state index contributed by atoms with van der Waals surface area (Å²) in [7, 11) is 0. The third-order valence-electron chi connectivity index (χ3n) is 2.54. The third kappa shape index (κ3) is 2.82. The second-order valence-electron chi connectivity index (χ2n) is 3.94. The second kappa shape index (κ2) is 4.82. The molecule has 0 spiro atoms. The zero-order valence-electron chi connectivity index (χ0n) is 9.29. The molecular formula is C10H14N2O5. The van der Waals surface area contributed by atoms with Gasteiger partial charge in [0.25, 0.3) is 11.6 Å². The number of aliphatic hydroxyl groups excluding tert-OH is 2. The van der Waals surface area contributed by atoms with E-state index in [1.807, 2.05) is 0 Å². The average molecular weight is 242 g/mol. The highest BCUT2D eigenvalue weighted by atomic mass is 16.6. The lowest BCUT2D eigenvalue weighted by molar-refractivity contribution is -0.105. The van der Waals surface area contributed by atoms with Gasteiger partial charge in [-0.2, -0.15) is 0 Å². The summed E-state index contributed by atoms with van der Waals surface area (Å²) in [5.74, 6) is 0. The molecule has 0 aliphatic carbocycles. The molecule has 1 aliphatic rings. The lowest BCUT2D eigenvalue weighted by atomic mass is 10.2. The summed E-state index contributed by atoms with van der Waals surface area (Å²) in [6, 6.07) is 0.0674. The predicted octanol–water partition coefficient (Wildman–Crippen LogP) is -1.07. The summed E-state index contributed by atoms with van der Waals surface area (Å²) in [6.45, 7) is 1.65. The maximum atomic E-state index is 11.3. The van der Waals surface area contributed by atoms with Gasteiger partial charge in [-0.05, 0) is 6.92 Å². The molecule has 94 valence electrons. The molecule has 3 atom stereocenters. The fourth-order valence-electron chi connectivity index (χ4n) is 1.53. The van der Waals surface area contributed by atoms with Gasteiger partial charge in [0.15, 0.2) is 6.29 Å². The van der Waals surface area contributed by atoms with Crippen molar-refractivity contribution in [3.05, 3.63) is 22.1 Å². The Morgan fingerprint density at radius 2 is 2.41 bits per heavy atom. The van der Waals surface area contributed by atoms with E-state index in [1.165, 1.54) is 6.20 Å². The minimum atomic E-state index is -0.969. The molecule has 2 rings (SSSR count). The van der Waals surface area contributed by atoms with E-state index in [2.05, 4.69) is 9.97 Å². The van der Waals surface area contributed by atoms with E-state index >= 15 is 0 Å². The standard InChI is InChI=1S/C10H14N2O5/c1-5-3-11-10(12-9(5)15)16-4-7-6(13)2-8(14)17-7/h3,6-8,13-14H,2,4H2,1H3,(H,11,12,15)/t6-,7+,8?/m0/s1. The van der Waals surface area contributed by atoms with Crippen LogP contribution in [0.3, 0.4) is 0 Å². The quantitative estimate of drug-likeness (QED) is 0.623. The minimum Gasteiger partial charge on any atom is -0.462 e. The number of aliphatic hydroxyl groups is 2. The van der Waals surface area contributed by atoms with Gasteiger partial charge in [-0.25, -0.2) is 4.98 Å². The number of ether oxygens (including phenoxy) is 2. The minimum absolute atomic E-state index is 0.0181. The Bertz CT molecular complexity index is 447. The molecule has 1 aromatic heterocycles. The van der Waals surface area contributed by atoms with Crippen LogP contribution in [0.2, 0.25) is 0 Å². The van der Waals surface area contributed by atoms with Gasteiger partial charge in [0, 0.05) is 18.2 Å². The zero-order valence-corrected chi connectivity index (χ0v) is 9.29. The number of aryl methyl sites for hydroxylation is 1. The van der Waals surface area contributed by atoms with Crippen molar-refractivity contribution < 1.29 is 19.7 Å². The van der Waals surface area contributed by atoms with E-state index in [0.29, 0.717) is 5.56 Å². The number of H-pyrrole nitrogens is 1. The number of nitrogens with one attached hydrogen (secondary N) is 1. The van der Waals surface area contributed by atoms with E-state index in [-0.39, 0.29) is 24.6 Å². The first-order valence-electron chi connectivity index (χ1n) is 5.26.